The van der Waals surface area contributed by atoms with Crippen LogP contribution in [0.5, 0.6) is 0 Å². The van der Waals surface area contributed by atoms with Crippen molar-refractivity contribution in [3.05, 3.63) is 0 Å². The highest BCUT2D eigenvalue weighted by Gasteiger charge is 2.32. The molecule has 0 spiro atoms. The lowest BCUT2D eigenvalue weighted by molar-refractivity contribution is -0.143. The van der Waals surface area contributed by atoms with E-state index in [0.29, 0.717) is 26.0 Å². The van der Waals surface area contributed by atoms with Gasteiger partial charge >= 0.3 is 5.97 Å². The van der Waals surface area contributed by atoms with Gasteiger partial charge in [-0.25, -0.2) is 0 Å². The molecule has 0 radical (unpaired) electrons. The van der Waals surface area contributed by atoms with Crippen LogP contribution in [0.25, 0.3) is 0 Å². The number of aliphatic carboxylic acids is 1. The molecule has 1 fully saturated rings. The number of ether oxygens (including phenoxy) is 1. The summed E-state index contributed by atoms with van der Waals surface area (Å²) in [6.07, 6.45) is 1.12. The van der Waals surface area contributed by atoms with Crippen LogP contribution in [0, 0.1) is 5.92 Å². The zero-order valence-corrected chi connectivity index (χ0v) is 6.32. The maximum Gasteiger partial charge on any atom is 0.309 e. The summed E-state index contributed by atoms with van der Waals surface area (Å²) >= 11 is 0. The zero-order chi connectivity index (χ0) is 8.27. The summed E-state index contributed by atoms with van der Waals surface area (Å²) in [7, 11) is 0. The van der Waals surface area contributed by atoms with E-state index in [1.807, 2.05) is 0 Å². The maximum atomic E-state index is 10.6. The van der Waals surface area contributed by atoms with Crippen molar-refractivity contribution in [2.75, 3.05) is 13.2 Å². The van der Waals surface area contributed by atoms with Gasteiger partial charge in [-0.3, -0.25) is 4.79 Å². The standard InChI is InChI=1S/C7H13NO3/c8-3-1-6-5(7(9)10)2-4-11-6/h5-6H,1-4,8H2,(H,9,10). The maximum absolute atomic E-state index is 10.6. The second kappa shape index (κ2) is 3.69. The fourth-order valence-electron chi connectivity index (χ4n) is 1.38. The van der Waals surface area contributed by atoms with Gasteiger partial charge in [0.25, 0.3) is 0 Å². The van der Waals surface area contributed by atoms with E-state index in [0.717, 1.165) is 0 Å². The highest BCUT2D eigenvalue weighted by molar-refractivity contribution is 5.71. The largest absolute Gasteiger partial charge is 0.481 e. The predicted octanol–water partition coefficient (Wildman–Crippen LogP) is -0.175. The molecule has 0 bridgehead atoms. The molecule has 0 aromatic rings. The highest BCUT2D eigenvalue weighted by Crippen LogP contribution is 2.22. The second-order valence-corrected chi connectivity index (χ2v) is 2.72. The summed E-state index contributed by atoms with van der Waals surface area (Å²) in [5.74, 6) is -1.10. The summed E-state index contributed by atoms with van der Waals surface area (Å²) in [5, 5.41) is 8.69. The van der Waals surface area contributed by atoms with Crippen molar-refractivity contribution in [1.29, 1.82) is 0 Å². The van der Waals surface area contributed by atoms with E-state index in [4.69, 9.17) is 15.6 Å². The molecule has 0 aromatic heterocycles. The molecule has 4 heteroatoms. The normalized spacial score (nSPS) is 30.6. The van der Waals surface area contributed by atoms with Crippen LogP contribution in [0.1, 0.15) is 12.8 Å². The predicted molar refractivity (Wildman–Crippen MR) is 39.2 cm³/mol. The number of carboxylic acids is 1. The Bertz CT molecular complexity index is 149. The van der Waals surface area contributed by atoms with Crippen LogP contribution in [0.3, 0.4) is 0 Å². The van der Waals surface area contributed by atoms with Crippen molar-refractivity contribution >= 4 is 5.97 Å². The van der Waals surface area contributed by atoms with Gasteiger partial charge in [-0.2, -0.15) is 0 Å². The molecule has 1 aliphatic heterocycles. The molecule has 1 saturated heterocycles. The van der Waals surface area contributed by atoms with Crippen LogP contribution >= 0.6 is 0 Å². The molecule has 2 unspecified atom stereocenters. The fourth-order valence-corrected chi connectivity index (χ4v) is 1.38. The molecule has 11 heavy (non-hydrogen) atoms. The Hall–Kier alpha value is -0.610. The van der Waals surface area contributed by atoms with Crippen molar-refractivity contribution in [3.8, 4) is 0 Å². The van der Waals surface area contributed by atoms with Crippen LogP contribution in [0.2, 0.25) is 0 Å². The van der Waals surface area contributed by atoms with E-state index < -0.39 is 5.97 Å². The Morgan fingerprint density at radius 2 is 2.45 bits per heavy atom. The van der Waals surface area contributed by atoms with E-state index >= 15 is 0 Å². The molecule has 0 aliphatic carbocycles. The zero-order valence-electron chi connectivity index (χ0n) is 6.32. The first-order chi connectivity index (χ1) is 5.25. The molecule has 64 valence electrons. The minimum absolute atomic E-state index is 0.155. The minimum atomic E-state index is -0.763. The Morgan fingerprint density at radius 3 is 3.00 bits per heavy atom. The van der Waals surface area contributed by atoms with Crippen molar-refractivity contribution in [2.24, 2.45) is 11.7 Å². The third-order valence-corrected chi connectivity index (χ3v) is 1.98. The lowest BCUT2D eigenvalue weighted by Crippen LogP contribution is -2.26. The molecule has 1 rings (SSSR count). The van der Waals surface area contributed by atoms with E-state index in [1.54, 1.807) is 0 Å². The number of hydrogen-bond donors (Lipinski definition) is 2. The third kappa shape index (κ3) is 1.91. The van der Waals surface area contributed by atoms with Crippen LogP contribution in [-0.2, 0) is 9.53 Å². The Balaban J connectivity index is 2.44. The van der Waals surface area contributed by atoms with Gasteiger partial charge in [0.15, 0.2) is 0 Å². The molecule has 4 nitrogen and oxygen atoms in total. The molecule has 3 N–H and O–H groups in total. The number of carbonyl (C=O) groups is 1. The molecule has 1 heterocycles. The summed E-state index contributed by atoms with van der Waals surface area (Å²) in [4.78, 5) is 10.6. The molecule has 0 amide bonds. The first kappa shape index (κ1) is 8.49. The molecule has 2 atom stereocenters. The van der Waals surface area contributed by atoms with Gasteiger partial charge in [0.05, 0.1) is 12.0 Å². The summed E-state index contributed by atoms with van der Waals surface area (Å²) < 4.78 is 5.21. The first-order valence-corrected chi connectivity index (χ1v) is 3.80. The van der Waals surface area contributed by atoms with Crippen LogP contribution in [0.4, 0.5) is 0 Å². The van der Waals surface area contributed by atoms with Gasteiger partial charge in [0.1, 0.15) is 0 Å². The Labute approximate surface area is 65.3 Å². The molecule has 0 saturated carbocycles. The van der Waals surface area contributed by atoms with Crippen molar-refractivity contribution in [2.45, 2.75) is 18.9 Å². The molecular weight excluding hydrogens is 146 g/mol. The molecule has 0 aromatic carbocycles. The van der Waals surface area contributed by atoms with Crippen molar-refractivity contribution in [1.82, 2.24) is 0 Å². The quantitative estimate of drug-likeness (QED) is 0.599. The smallest absolute Gasteiger partial charge is 0.309 e. The first-order valence-electron chi connectivity index (χ1n) is 3.80. The van der Waals surface area contributed by atoms with Crippen molar-refractivity contribution in [3.63, 3.8) is 0 Å². The van der Waals surface area contributed by atoms with Gasteiger partial charge in [-0.05, 0) is 19.4 Å². The number of rotatable bonds is 3. The van der Waals surface area contributed by atoms with E-state index in [9.17, 15) is 4.79 Å². The van der Waals surface area contributed by atoms with Gasteiger partial charge in [-0.1, -0.05) is 0 Å². The van der Waals surface area contributed by atoms with Gasteiger partial charge < -0.3 is 15.6 Å². The SMILES string of the molecule is NCCC1OCCC1C(=O)O. The lowest BCUT2D eigenvalue weighted by Gasteiger charge is -2.12. The summed E-state index contributed by atoms with van der Waals surface area (Å²) in [6, 6.07) is 0. The average molecular weight is 159 g/mol. The second-order valence-electron chi connectivity index (χ2n) is 2.72. The summed E-state index contributed by atoms with van der Waals surface area (Å²) in [6.45, 7) is 1.05. The Morgan fingerprint density at radius 1 is 1.73 bits per heavy atom. The molecular formula is C7H13NO3. The van der Waals surface area contributed by atoms with Crippen LogP contribution in [-0.4, -0.2) is 30.3 Å². The van der Waals surface area contributed by atoms with Gasteiger partial charge in [0, 0.05) is 6.61 Å². The van der Waals surface area contributed by atoms with E-state index in [2.05, 4.69) is 0 Å². The van der Waals surface area contributed by atoms with E-state index in [1.165, 1.54) is 0 Å². The minimum Gasteiger partial charge on any atom is -0.481 e. The molecule has 1 aliphatic rings. The average Bonchev–Trinajstić information content (AvgIpc) is 2.36. The van der Waals surface area contributed by atoms with Gasteiger partial charge in [-0.15, -0.1) is 0 Å². The van der Waals surface area contributed by atoms with E-state index in [-0.39, 0.29) is 12.0 Å². The number of carboxylic acid groups (broad SMARTS) is 1. The van der Waals surface area contributed by atoms with Crippen molar-refractivity contribution < 1.29 is 14.6 Å². The number of nitrogens with two attached hydrogens (primary N) is 1. The topological polar surface area (TPSA) is 72.5 Å². The Kier molecular flexibility index (Phi) is 2.84. The fraction of sp³-hybridized carbons (Fsp3) is 0.857. The summed E-state index contributed by atoms with van der Waals surface area (Å²) in [5.41, 5.74) is 5.30. The third-order valence-electron chi connectivity index (χ3n) is 1.98. The van der Waals surface area contributed by atoms with Gasteiger partial charge in [0.2, 0.25) is 0 Å². The highest BCUT2D eigenvalue weighted by atomic mass is 16.5. The van der Waals surface area contributed by atoms with Crippen LogP contribution in [0.15, 0.2) is 0 Å². The monoisotopic (exact) mass is 159 g/mol. The lowest BCUT2D eigenvalue weighted by atomic mass is 10.00. The van der Waals surface area contributed by atoms with Crippen LogP contribution < -0.4 is 5.73 Å². The number of hydrogen-bond acceptors (Lipinski definition) is 3.